The highest BCUT2D eigenvalue weighted by molar-refractivity contribution is 5.72. The van der Waals surface area contributed by atoms with Gasteiger partial charge in [0.15, 0.2) is 6.29 Å². The maximum absolute atomic E-state index is 11.4. The van der Waals surface area contributed by atoms with Crippen LogP contribution in [0.3, 0.4) is 0 Å². The molecule has 0 bridgehead atoms. The Labute approximate surface area is 152 Å². The lowest BCUT2D eigenvalue weighted by Gasteiger charge is -2.19. The summed E-state index contributed by atoms with van der Waals surface area (Å²) in [4.78, 5) is 25.9. The van der Waals surface area contributed by atoms with Gasteiger partial charge in [0.05, 0.1) is 18.9 Å². The molecule has 0 radical (unpaired) electrons. The minimum atomic E-state index is -0.524. The van der Waals surface area contributed by atoms with Gasteiger partial charge in [-0.05, 0) is 26.8 Å². The molecule has 0 unspecified atom stereocenters. The van der Waals surface area contributed by atoms with Crippen molar-refractivity contribution < 1.29 is 23.8 Å². The van der Waals surface area contributed by atoms with Gasteiger partial charge in [-0.15, -0.1) is 0 Å². The van der Waals surface area contributed by atoms with Crippen molar-refractivity contribution in [2.45, 2.75) is 26.4 Å². The minimum absolute atomic E-state index is 0.0812. The van der Waals surface area contributed by atoms with Crippen LogP contribution in [0.15, 0.2) is 30.2 Å². The van der Waals surface area contributed by atoms with Crippen molar-refractivity contribution in [2.24, 2.45) is 5.73 Å². The number of amides is 1. The van der Waals surface area contributed by atoms with E-state index in [-0.39, 0.29) is 5.70 Å². The number of alkyl carbamates (subject to hydrolysis) is 1. The predicted molar refractivity (Wildman–Crippen MR) is 96.7 cm³/mol. The van der Waals surface area contributed by atoms with E-state index in [1.54, 1.807) is 39.1 Å². The van der Waals surface area contributed by atoms with Gasteiger partial charge in [0.2, 0.25) is 5.88 Å². The van der Waals surface area contributed by atoms with E-state index in [4.69, 9.17) is 19.9 Å². The number of ether oxygens (including phenoxy) is 3. The predicted octanol–water partition coefficient (Wildman–Crippen LogP) is 1.41. The quantitative estimate of drug-likeness (QED) is 0.322. The Balaban J connectivity index is 2.18. The Bertz CT molecular complexity index is 613. The number of anilines is 1. The molecular weight excluding hydrogens is 340 g/mol. The van der Waals surface area contributed by atoms with Crippen LogP contribution < -0.4 is 21.1 Å². The van der Waals surface area contributed by atoms with Gasteiger partial charge >= 0.3 is 6.09 Å². The van der Waals surface area contributed by atoms with E-state index in [0.29, 0.717) is 44.2 Å². The fraction of sp³-hybridized carbons (Fsp3) is 0.471. The molecule has 1 rings (SSSR count). The molecule has 1 amide bonds. The molecular formula is C17H26N4O5. The molecule has 9 heteroatoms. The van der Waals surface area contributed by atoms with Crippen molar-refractivity contribution in [3.8, 4) is 5.88 Å². The highest BCUT2D eigenvalue weighted by Gasteiger charge is 2.15. The number of nitrogens with one attached hydrogen (secondary N) is 2. The van der Waals surface area contributed by atoms with Crippen LogP contribution in [-0.4, -0.2) is 49.3 Å². The third-order valence-corrected chi connectivity index (χ3v) is 2.67. The van der Waals surface area contributed by atoms with Gasteiger partial charge in [-0.2, -0.15) is 0 Å². The van der Waals surface area contributed by atoms with Crippen LogP contribution in [0.1, 0.15) is 20.8 Å². The lowest BCUT2D eigenvalue weighted by atomic mass is 10.2. The number of hydrogen-bond donors (Lipinski definition) is 3. The molecule has 144 valence electrons. The molecule has 1 aromatic heterocycles. The molecule has 0 fully saturated rings. The second kappa shape index (κ2) is 10.9. The van der Waals surface area contributed by atoms with Crippen LogP contribution in [0, 0.1) is 0 Å². The van der Waals surface area contributed by atoms with Gasteiger partial charge in [0.25, 0.3) is 0 Å². The zero-order valence-corrected chi connectivity index (χ0v) is 15.3. The SMILES string of the molecule is CC(C)(C)OC(=O)NCCOCCOc1cc(N/C=C(\N)C=O)ccn1. The molecule has 1 aromatic rings. The van der Waals surface area contributed by atoms with E-state index in [0.717, 1.165) is 0 Å². The summed E-state index contributed by atoms with van der Waals surface area (Å²) < 4.78 is 15.9. The molecule has 0 saturated heterocycles. The number of aromatic nitrogens is 1. The third kappa shape index (κ3) is 10.1. The molecule has 0 aliphatic rings. The Kier molecular flexibility index (Phi) is 8.93. The maximum Gasteiger partial charge on any atom is 0.407 e. The number of carbonyl (C=O) groups is 2. The van der Waals surface area contributed by atoms with Crippen LogP contribution in [-0.2, 0) is 14.3 Å². The zero-order valence-electron chi connectivity index (χ0n) is 15.3. The van der Waals surface area contributed by atoms with Gasteiger partial charge < -0.3 is 30.6 Å². The number of carbonyl (C=O) groups excluding carboxylic acids is 2. The second-order valence-electron chi connectivity index (χ2n) is 6.18. The van der Waals surface area contributed by atoms with Crippen molar-refractivity contribution in [1.29, 1.82) is 0 Å². The van der Waals surface area contributed by atoms with E-state index < -0.39 is 11.7 Å². The van der Waals surface area contributed by atoms with Gasteiger partial charge in [-0.25, -0.2) is 9.78 Å². The number of nitrogens with two attached hydrogens (primary N) is 1. The summed E-state index contributed by atoms with van der Waals surface area (Å²) in [6.07, 6.45) is 3.01. The summed E-state index contributed by atoms with van der Waals surface area (Å²) in [7, 11) is 0. The summed E-state index contributed by atoms with van der Waals surface area (Å²) in [5.41, 5.74) is 5.62. The van der Waals surface area contributed by atoms with E-state index in [9.17, 15) is 9.59 Å². The third-order valence-electron chi connectivity index (χ3n) is 2.67. The first-order valence-electron chi connectivity index (χ1n) is 8.11. The zero-order chi connectivity index (χ0) is 19.4. The first-order valence-corrected chi connectivity index (χ1v) is 8.11. The van der Waals surface area contributed by atoms with Crippen LogP contribution >= 0.6 is 0 Å². The first-order chi connectivity index (χ1) is 12.3. The van der Waals surface area contributed by atoms with E-state index in [1.807, 2.05) is 0 Å². The van der Waals surface area contributed by atoms with Crippen molar-refractivity contribution in [3.63, 3.8) is 0 Å². The Morgan fingerprint density at radius 3 is 2.77 bits per heavy atom. The second-order valence-corrected chi connectivity index (χ2v) is 6.18. The number of hydrogen-bond acceptors (Lipinski definition) is 8. The molecule has 9 nitrogen and oxygen atoms in total. The lowest BCUT2D eigenvalue weighted by molar-refractivity contribution is -0.105. The number of aldehydes is 1. The largest absolute Gasteiger partial charge is 0.475 e. The highest BCUT2D eigenvalue weighted by atomic mass is 16.6. The average Bonchev–Trinajstić information content (AvgIpc) is 2.57. The van der Waals surface area contributed by atoms with E-state index in [2.05, 4.69) is 15.6 Å². The molecule has 1 heterocycles. The minimum Gasteiger partial charge on any atom is -0.475 e. The first kappa shape index (κ1) is 21.2. The number of allylic oxidation sites excluding steroid dienone is 1. The summed E-state index contributed by atoms with van der Waals surface area (Å²) in [5, 5.41) is 5.45. The Morgan fingerprint density at radius 1 is 1.31 bits per heavy atom. The van der Waals surface area contributed by atoms with Crippen LogP contribution in [0.4, 0.5) is 10.5 Å². The van der Waals surface area contributed by atoms with Gasteiger partial charge in [-0.1, -0.05) is 0 Å². The molecule has 26 heavy (non-hydrogen) atoms. The van der Waals surface area contributed by atoms with E-state index in [1.165, 1.54) is 6.20 Å². The van der Waals surface area contributed by atoms with Crippen molar-refractivity contribution >= 4 is 18.1 Å². The van der Waals surface area contributed by atoms with Crippen molar-refractivity contribution in [2.75, 3.05) is 31.7 Å². The lowest BCUT2D eigenvalue weighted by Crippen LogP contribution is -2.34. The smallest absolute Gasteiger partial charge is 0.407 e. The van der Waals surface area contributed by atoms with Crippen molar-refractivity contribution in [1.82, 2.24) is 10.3 Å². The average molecular weight is 366 g/mol. The van der Waals surface area contributed by atoms with Gasteiger partial charge in [0.1, 0.15) is 12.2 Å². The topological polar surface area (TPSA) is 125 Å². The highest BCUT2D eigenvalue weighted by Crippen LogP contribution is 2.14. The maximum atomic E-state index is 11.4. The van der Waals surface area contributed by atoms with Crippen LogP contribution in [0.25, 0.3) is 0 Å². The standard InChI is InChI=1S/C17H26N4O5/c1-17(2,3)26-16(23)20-6-7-24-8-9-25-15-10-14(4-5-19-15)21-11-13(18)12-22/h4-5,10-12H,6-9,18H2,1-3H3,(H,19,21)(H,20,23)/b13-11-. The number of nitrogens with zero attached hydrogens (tertiary/aromatic N) is 1. The normalized spacial score (nSPS) is 11.6. The van der Waals surface area contributed by atoms with Crippen molar-refractivity contribution in [3.05, 3.63) is 30.2 Å². The number of rotatable bonds is 10. The number of pyridine rings is 1. The van der Waals surface area contributed by atoms with Gasteiger partial charge in [-0.3, -0.25) is 4.79 Å². The van der Waals surface area contributed by atoms with Gasteiger partial charge in [0, 0.05) is 30.7 Å². The molecule has 0 aromatic carbocycles. The fourth-order valence-electron chi connectivity index (χ4n) is 1.63. The van der Waals surface area contributed by atoms with E-state index >= 15 is 0 Å². The molecule has 4 N–H and O–H groups in total. The molecule has 0 saturated carbocycles. The monoisotopic (exact) mass is 366 g/mol. The summed E-state index contributed by atoms with van der Waals surface area (Å²) >= 11 is 0. The van der Waals surface area contributed by atoms with Crippen LogP contribution in [0.2, 0.25) is 0 Å². The Morgan fingerprint density at radius 2 is 2.08 bits per heavy atom. The Hall–Kier alpha value is -2.81. The summed E-state index contributed by atoms with van der Waals surface area (Å²) in [5.74, 6) is 0.406. The fourth-order valence-corrected chi connectivity index (χ4v) is 1.63. The molecule has 0 atom stereocenters. The summed E-state index contributed by atoms with van der Waals surface area (Å²) in [6, 6.07) is 3.37. The summed E-state index contributed by atoms with van der Waals surface area (Å²) in [6.45, 7) is 6.72. The molecule has 0 spiro atoms. The molecule has 0 aliphatic carbocycles. The molecule has 0 aliphatic heterocycles. The van der Waals surface area contributed by atoms with Crippen LogP contribution in [0.5, 0.6) is 5.88 Å².